The molecular formula is C13H12O3. The minimum absolute atomic E-state index is 0.334. The first-order valence-electron chi connectivity index (χ1n) is 4.94. The van der Waals surface area contributed by atoms with Crippen LogP contribution in [0.25, 0.3) is 10.8 Å². The number of carboxylic acid groups (broad SMARTS) is 1. The van der Waals surface area contributed by atoms with E-state index in [1.54, 1.807) is 13.2 Å². The molecule has 3 nitrogen and oxygen atoms in total. The highest BCUT2D eigenvalue weighted by Crippen LogP contribution is 2.26. The highest BCUT2D eigenvalue weighted by atomic mass is 16.5. The second-order valence-corrected chi connectivity index (χ2v) is 3.63. The lowest BCUT2D eigenvalue weighted by Crippen LogP contribution is -1.99. The molecular weight excluding hydrogens is 204 g/mol. The molecule has 2 rings (SSSR count). The van der Waals surface area contributed by atoms with E-state index >= 15 is 0 Å². The lowest BCUT2D eigenvalue weighted by Gasteiger charge is -2.07. The Morgan fingerprint density at radius 2 is 1.94 bits per heavy atom. The van der Waals surface area contributed by atoms with Crippen molar-refractivity contribution in [1.29, 1.82) is 0 Å². The molecule has 0 saturated heterocycles. The standard InChI is InChI=1S/C13H12O3/c1-8-11(13(14)15)6-4-9-3-5-10(16-2)7-12(8)9/h3-7H,1-2H3,(H,14,15). The molecule has 0 saturated carbocycles. The van der Waals surface area contributed by atoms with Crippen LogP contribution in [0.5, 0.6) is 5.75 Å². The molecule has 0 aromatic heterocycles. The van der Waals surface area contributed by atoms with Gasteiger partial charge in [0.15, 0.2) is 0 Å². The third-order valence-electron chi connectivity index (χ3n) is 2.73. The Labute approximate surface area is 93.3 Å². The Morgan fingerprint density at radius 3 is 2.56 bits per heavy atom. The molecule has 0 aliphatic carbocycles. The maximum absolute atomic E-state index is 11.0. The van der Waals surface area contributed by atoms with Gasteiger partial charge in [-0.3, -0.25) is 0 Å². The number of hydrogen-bond donors (Lipinski definition) is 1. The molecule has 0 heterocycles. The van der Waals surface area contributed by atoms with Gasteiger partial charge in [0.25, 0.3) is 0 Å². The predicted octanol–water partition coefficient (Wildman–Crippen LogP) is 2.86. The number of ether oxygens (including phenoxy) is 1. The van der Waals surface area contributed by atoms with E-state index in [9.17, 15) is 4.79 Å². The number of rotatable bonds is 2. The topological polar surface area (TPSA) is 46.5 Å². The Hall–Kier alpha value is -2.03. The molecule has 0 amide bonds. The van der Waals surface area contributed by atoms with Crippen molar-refractivity contribution in [2.75, 3.05) is 7.11 Å². The average Bonchev–Trinajstić information content (AvgIpc) is 2.28. The average molecular weight is 216 g/mol. The van der Waals surface area contributed by atoms with Crippen molar-refractivity contribution in [3.63, 3.8) is 0 Å². The fraction of sp³-hybridized carbons (Fsp3) is 0.154. The molecule has 2 aromatic carbocycles. The second-order valence-electron chi connectivity index (χ2n) is 3.63. The SMILES string of the molecule is COc1ccc2ccc(C(=O)O)c(C)c2c1. The van der Waals surface area contributed by atoms with Crippen LogP contribution in [0.3, 0.4) is 0 Å². The zero-order chi connectivity index (χ0) is 11.7. The highest BCUT2D eigenvalue weighted by Gasteiger charge is 2.09. The monoisotopic (exact) mass is 216 g/mol. The molecule has 0 aliphatic heterocycles. The van der Waals surface area contributed by atoms with E-state index in [0.717, 1.165) is 22.1 Å². The Balaban J connectivity index is 2.75. The number of hydrogen-bond acceptors (Lipinski definition) is 2. The summed E-state index contributed by atoms with van der Waals surface area (Å²) in [7, 11) is 1.59. The number of fused-ring (bicyclic) bond motifs is 1. The van der Waals surface area contributed by atoms with Gasteiger partial charge >= 0.3 is 5.97 Å². The van der Waals surface area contributed by atoms with Crippen LogP contribution in [0.2, 0.25) is 0 Å². The van der Waals surface area contributed by atoms with E-state index < -0.39 is 5.97 Å². The summed E-state index contributed by atoms with van der Waals surface area (Å²) < 4.78 is 5.13. The van der Waals surface area contributed by atoms with E-state index in [2.05, 4.69) is 0 Å². The van der Waals surface area contributed by atoms with Crippen molar-refractivity contribution >= 4 is 16.7 Å². The fourth-order valence-corrected chi connectivity index (χ4v) is 1.81. The number of carbonyl (C=O) groups is 1. The largest absolute Gasteiger partial charge is 0.497 e. The molecule has 2 aromatic rings. The predicted molar refractivity (Wildman–Crippen MR) is 62.2 cm³/mol. The Bertz CT molecular complexity index is 558. The summed E-state index contributed by atoms with van der Waals surface area (Å²) in [6.07, 6.45) is 0. The lowest BCUT2D eigenvalue weighted by atomic mass is 10.00. The Morgan fingerprint density at radius 1 is 1.25 bits per heavy atom. The van der Waals surface area contributed by atoms with E-state index in [1.807, 2.05) is 31.2 Å². The van der Waals surface area contributed by atoms with Gasteiger partial charge < -0.3 is 9.84 Å². The van der Waals surface area contributed by atoms with Gasteiger partial charge in [0, 0.05) is 0 Å². The summed E-state index contributed by atoms with van der Waals surface area (Å²) in [5.74, 6) is -0.166. The first-order chi connectivity index (χ1) is 7.63. The molecule has 0 fully saturated rings. The fourth-order valence-electron chi connectivity index (χ4n) is 1.81. The van der Waals surface area contributed by atoms with Crippen molar-refractivity contribution in [2.45, 2.75) is 6.92 Å². The zero-order valence-electron chi connectivity index (χ0n) is 9.15. The van der Waals surface area contributed by atoms with Crippen LogP contribution in [-0.4, -0.2) is 18.2 Å². The normalized spacial score (nSPS) is 10.4. The zero-order valence-corrected chi connectivity index (χ0v) is 9.15. The van der Waals surface area contributed by atoms with Crippen LogP contribution >= 0.6 is 0 Å². The number of aryl methyl sites for hydroxylation is 1. The van der Waals surface area contributed by atoms with Crippen molar-refractivity contribution in [1.82, 2.24) is 0 Å². The van der Waals surface area contributed by atoms with Gasteiger partial charge in [-0.25, -0.2) is 4.79 Å². The van der Waals surface area contributed by atoms with Crippen LogP contribution in [0.15, 0.2) is 30.3 Å². The number of aromatic carboxylic acids is 1. The molecule has 0 unspecified atom stereocenters. The molecule has 0 bridgehead atoms. The van der Waals surface area contributed by atoms with Gasteiger partial charge in [-0.2, -0.15) is 0 Å². The van der Waals surface area contributed by atoms with Crippen LogP contribution in [0, 0.1) is 6.92 Å². The maximum atomic E-state index is 11.0. The van der Waals surface area contributed by atoms with Gasteiger partial charge in [-0.1, -0.05) is 12.1 Å². The summed E-state index contributed by atoms with van der Waals surface area (Å²) in [6.45, 7) is 1.81. The Kier molecular flexibility index (Phi) is 2.52. The minimum Gasteiger partial charge on any atom is -0.497 e. The molecule has 1 N–H and O–H groups in total. The van der Waals surface area contributed by atoms with Gasteiger partial charge in [0.05, 0.1) is 12.7 Å². The minimum atomic E-state index is -0.901. The van der Waals surface area contributed by atoms with Crippen LogP contribution < -0.4 is 4.74 Å². The van der Waals surface area contributed by atoms with Crippen LogP contribution in [-0.2, 0) is 0 Å². The molecule has 0 spiro atoms. The molecule has 3 heteroatoms. The lowest BCUT2D eigenvalue weighted by molar-refractivity contribution is 0.0696. The third-order valence-corrected chi connectivity index (χ3v) is 2.73. The number of methoxy groups -OCH3 is 1. The van der Waals surface area contributed by atoms with Crippen molar-refractivity contribution in [3.8, 4) is 5.75 Å². The van der Waals surface area contributed by atoms with E-state index in [4.69, 9.17) is 9.84 Å². The highest BCUT2D eigenvalue weighted by molar-refractivity contribution is 5.98. The number of carboxylic acids is 1. The quantitative estimate of drug-likeness (QED) is 0.839. The van der Waals surface area contributed by atoms with Crippen molar-refractivity contribution in [2.24, 2.45) is 0 Å². The smallest absolute Gasteiger partial charge is 0.335 e. The van der Waals surface area contributed by atoms with Crippen LogP contribution in [0.4, 0.5) is 0 Å². The molecule has 0 atom stereocenters. The van der Waals surface area contributed by atoms with E-state index in [0.29, 0.717) is 5.56 Å². The van der Waals surface area contributed by atoms with Gasteiger partial charge in [-0.15, -0.1) is 0 Å². The van der Waals surface area contributed by atoms with Crippen LogP contribution in [0.1, 0.15) is 15.9 Å². The van der Waals surface area contributed by atoms with Gasteiger partial charge in [0.1, 0.15) is 5.75 Å². The summed E-state index contributed by atoms with van der Waals surface area (Å²) in [5, 5.41) is 11.0. The van der Waals surface area contributed by atoms with E-state index in [1.165, 1.54) is 0 Å². The number of benzene rings is 2. The van der Waals surface area contributed by atoms with Gasteiger partial charge in [0.2, 0.25) is 0 Å². The summed E-state index contributed by atoms with van der Waals surface area (Å²) >= 11 is 0. The molecule has 0 radical (unpaired) electrons. The third kappa shape index (κ3) is 1.60. The van der Waals surface area contributed by atoms with Crippen molar-refractivity contribution < 1.29 is 14.6 Å². The summed E-state index contributed by atoms with van der Waals surface area (Å²) in [6, 6.07) is 9.09. The maximum Gasteiger partial charge on any atom is 0.335 e. The summed E-state index contributed by atoms with van der Waals surface area (Å²) in [5.41, 5.74) is 1.10. The first kappa shape index (κ1) is 10.5. The molecule has 0 aliphatic rings. The van der Waals surface area contributed by atoms with Crippen molar-refractivity contribution in [3.05, 3.63) is 41.5 Å². The summed E-state index contributed by atoms with van der Waals surface area (Å²) in [4.78, 5) is 11.0. The second kappa shape index (κ2) is 3.85. The molecule has 82 valence electrons. The van der Waals surface area contributed by atoms with E-state index in [-0.39, 0.29) is 0 Å². The molecule has 16 heavy (non-hydrogen) atoms. The van der Waals surface area contributed by atoms with Gasteiger partial charge in [-0.05, 0) is 41.5 Å². The first-order valence-corrected chi connectivity index (χ1v) is 4.94.